The van der Waals surface area contributed by atoms with Gasteiger partial charge in [-0.05, 0) is 35.0 Å². The van der Waals surface area contributed by atoms with Crippen LogP contribution in [0.15, 0.2) is 60.7 Å². The maximum Gasteiger partial charge on any atom is 0.0730 e. The fraction of sp³-hybridized carbons (Fsp3) is 0. The Morgan fingerprint density at radius 2 is 1.53 bits per heavy atom. The van der Waals surface area contributed by atoms with Crippen molar-refractivity contribution in [1.29, 1.82) is 0 Å². The number of hydrogen-bond donors (Lipinski definition) is 1. The van der Waals surface area contributed by atoms with Gasteiger partial charge in [0.15, 0.2) is 0 Å². The number of aromatic nitrogens is 1. The van der Waals surface area contributed by atoms with Crippen molar-refractivity contribution >= 4 is 38.3 Å². The summed E-state index contributed by atoms with van der Waals surface area (Å²) in [5, 5.41) is 4.62. The third-order valence-corrected chi connectivity index (χ3v) is 3.59. The molecule has 90 valence electrons. The Labute approximate surface area is 110 Å². The molecule has 4 rings (SSSR count). The number of benzene rings is 3. The number of hydrogen-bond acceptors (Lipinski definition) is 2. The highest BCUT2D eigenvalue weighted by Gasteiger charge is 2.05. The first-order chi connectivity index (χ1) is 9.33. The van der Waals surface area contributed by atoms with Crippen LogP contribution in [0.2, 0.25) is 0 Å². The SMILES string of the molecule is Nc1cccc2nc3ccc4ccccc4c3cc12. The number of nitrogens with two attached hydrogens (primary N) is 1. The highest BCUT2D eigenvalue weighted by atomic mass is 14.7. The first kappa shape index (κ1) is 10.3. The van der Waals surface area contributed by atoms with Crippen molar-refractivity contribution in [2.24, 2.45) is 0 Å². The van der Waals surface area contributed by atoms with Crippen LogP contribution in [0.5, 0.6) is 0 Å². The minimum Gasteiger partial charge on any atom is -0.398 e. The molecule has 0 radical (unpaired) electrons. The third-order valence-electron chi connectivity index (χ3n) is 3.59. The van der Waals surface area contributed by atoms with Gasteiger partial charge >= 0.3 is 0 Å². The van der Waals surface area contributed by atoms with Gasteiger partial charge in [-0.2, -0.15) is 0 Å². The minimum absolute atomic E-state index is 0.778. The number of rotatable bonds is 0. The van der Waals surface area contributed by atoms with Gasteiger partial charge in [-0.1, -0.05) is 36.4 Å². The summed E-state index contributed by atoms with van der Waals surface area (Å²) in [5.74, 6) is 0. The Bertz CT molecular complexity index is 926. The molecule has 0 aliphatic heterocycles. The van der Waals surface area contributed by atoms with E-state index in [1.807, 2.05) is 18.2 Å². The summed E-state index contributed by atoms with van der Waals surface area (Å²) in [7, 11) is 0. The number of anilines is 1. The summed E-state index contributed by atoms with van der Waals surface area (Å²) in [4.78, 5) is 4.71. The van der Waals surface area contributed by atoms with Crippen molar-refractivity contribution in [3.8, 4) is 0 Å². The average molecular weight is 244 g/mol. The molecule has 0 fully saturated rings. The predicted octanol–water partition coefficient (Wildman–Crippen LogP) is 4.12. The minimum atomic E-state index is 0.778. The lowest BCUT2D eigenvalue weighted by Crippen LogP contribution is -1.89. The zero-order chi connectivity index (χ0) is 12.8. The Morgan fingerprint density at radius 3 is 2.47 bits per heavy atom. The first-order valence-corrected chi connectivity index (χ1v) is 6.30. The maximum atomic E-state index is 6.05. The van der Waals surface area contributed by atoms with Crippen LogP contribution in [0.1, 0.15) is 0 Å². The van der Waals surface area contributed by atoms with Crippen LogP contribution < -0.4 is 5.73 Å². The molecule has 0 bridgehead atoms. The number of nitrogens with zero attached hydrogens (tertiary/aromatic N) is 1. The van der Waals surface area contributed by atoms with E-state index in [1.165, 1.54) is 10.8 Å². The summed E-state index contributed by atoms with van der Waals surface area (Å²) in [6.45, 7) is 0. The van der Waals surface area contributed by atoms with E-state index in [2.05, 4.69) is 42.5 Å². The van der Waals surface area contributed by atoms with E-state index >= 15 is 0 Å². The van der Waals surface area contributed by atoms with Crippen molar-refractivity contribution in [2.75, 3.05) is 5.73 Å². The lowest BCUT2D eigenvalue weighted by molar-refractivity contribution is 1.51. The molecule has 0 aliphatic rings. The van der Waals surface area contributed by atoms with E-state index < -0.39 is 0 Å². The zero-order valence-electron chi connectivity index (χ0n) is 10.3. The van der Waals surface area contributed by atoms with Crippen molar-refractivity contribution in [1.82, 2.24) is 4.98 Å². The van der Waals surface area contributed by atoms with E-state index in [0.717, 1.165) is 27.5 Å². The molecule has 2 heteroatoms. The quantitative estimate of drug-likeness (QED) is 0.287. The second kappa shape index (κ2) is 3.69. The van der Waals surface area contributed by atoms with E-state index in [-0.39, 0.29) is 0 Å². The zero-order valence-corrected chi connectivity index (χ0v) is 10.3. The maximum absolute atomic E-state index is 6.05. The molecule has 0 atom stereocenters. The van der Waals surface area contributed by atoms with Gasteiger partial charge in [0.2, 0.25) is 0 Å². The molecular formula is C17H12N2. The van der Waals surface area contributed by atoms with Crippen molar-refractivity contribution in [3.05, 3.63) is 60.7 Å². The highest BCUT2D eigenvalue weighted by Crippen LogP contribution is 2.29. The smallest absolute Gasteiger partial charge is 0.0730 e. The second-order valence-corrected chi connectivity index (χ2v) is 4.76. The van der Waals surface area contributed by atoms with Crippen LogP contribution in [-0.2, 0) is 0 Å². The molecule has 3 aromatic carbocycles. The number of pyridine rings is 1. The van der Waals surface area contributed by atoms with Gasteiger partial charge in [0.1, 0.15) is 0 Å². The summed E-state index contributed by atoms with van der Waals surface area (Å²) in [6, 6.07) is 20.5. The molecule has 2 N–H and O–H groups in total. The molecule has 0 saturated heterocycles. The van der Waals surface area contributed by atoms with E-state index in [0.29, 0.717) is 0 Å². The molecule has 19 heavy (non-hydrogen) atoms. The molecule has 0 saturated carbocycles. The summed E-state index contributed by atoms with van der Waals surface area (Å²) < 4.78 is 0. The summed E-state index contributed by atoms with van der Waals surface area (Å²) in [6.07, 6.45) is 0. The fourth-order valence-electron chi connectivity index (χ4n) is 2.63. The Balaban J connectivity index is 2.27. The van der Waals surface area contributed by atoms with Gasteiger partial charge in [-0.25, -0.2) is 4.98 Å². The molecule has 1 aromatic heterocycles. The molecule has 1 heterocycles. The standard InChI is InChI=1S/C17H12N2/c18-15-6-3-7-16-14(15)10-13-12-5-2-1-4-11(12)8-9-17(13)19-16/h1-10H,18H2. The largest absolute Gasteiger partial charge is 0.398 e. The Hall–Kier alpha value is -2.61. The van der Waals surface area contributed by atoms with E-state index in [9.17, 15) is 0 Å². The summed E-state index contributed by atoms with van der Waals surface area (Å²) in [5.41, 5.74) is 8.79. The van der Waals surface area contributed by atoms with Gasteiger partial charge in [-0.3, -0.25) is 0 Å². The van der Waals surface area contributed by atoms with Crippen LogP contribution in [0.25, 0.3) is 32.6 Å². The van der Waals surface area contributed by atoms with Crippen LogP contribution in [0.3, 0.4) is 0 Å². The van der Waals surface area contributed by atoms with Gasteiger partial charge in [0, 0.05) is 16.5 Å². The van der Waals surface area contributed by atoms with Crippen LogP contribution in [0.4, 0.5) is 5.69 Å². The number of fused-ring (bicyclic) bond motifs is 4. The topological polar surface area (TPSA) is 38.9 Å². The molecule has 2 nitrogen and oxygen atoms in total. The van der Waals surface area contributed by atoms with Crippen LogP contribution >= 0.6 is 0 Å². The second-order valence-electron chi connectivity index (χ2n) is 4.76. The number of nitrogen functional groups attached to an aromatic ring is 1. The Morgan fingerprint density at radius 1 is 0.684 bits per heavy atom. The lowest BCUT2D eigenvalue weighted by atomic mass is 10.0. The Kier molecular flexibility index (Phi) is 2.00. The molecule has 4 aromatic rings. The summed E-state index contributed by atoms with van der Waals surface area (Å²) >= 11 is 0. The third kappa shape index (κ3) is 1.47. The van der Waals surface area contributed by atoms with E-state index in [1.54, 1.807) is 0 Å². The van der Waals surface area contributed by atoms with Crippen LogP contribution in [-0.4, -0.2) is 4.98 Å². The average Bonchev–Trinajstić information content (AvgIpc) is 2.46. The molecular weight excluding hydrogens is 232 g/mol. The molecule has 0 spiro atoms. The lowest BCUT2D eigenvalue weighted by Gasteiger charge is -2.07. The van der Waals surface area contributed by atoms with Gasteiger partial charge in [-0.15, -0.1) is 0 Å². The van der Waals surface area contributed by atoms with Crippen LogP contribution in [0, 0.1) is 0 Å². The molecule has 0 aliphatic carbocycles. The molecule has 0 amide bonds. The van der Waals surface area contributed by atoms with E-state index in [4.69, 9.17) is 10.7 Å². The fourth-order valence-corrected chi connectivity index (χ4v) is 2.63. The highest BCUT2D eigenvalue weighted by molar-refractivity contribution is 6.10. The van der Waals surface area contributed by atoms with Crippen molar-refractivity contribution in [3.63, 3.8) is 0 Å². The predicted molar refractivity (Wildman–Crippen MR) is 81.2 cm³/mol. The van der Waals surface area contributed by atoms with Crippen molar-refractivity contribution in [2.45, 2.75) is 0 Å². The monoisotopic (exact) mass is 244 g/mol. The van der Waals surface area contributed by atoms with Gasteiger partial charge in [0.05, 0.1) is 11.0 Å². The van der Waals surface area contributed by atoms with Crippen molar-refractivity contribution < 1.29 is 0 Å². The molecule has 0 unspecified atom stereocenters. The van der Waals surface area contributed by atoms with Gasteiger partial charge in [0.25, 0.3) is 0 Å². The normalized spacial score (nSPS) is 11.4. The van der Waals surface area contributed by atoms with Gasteiger partial charge < -0.3 is 5.73 Å². The first-order valence-electron chi connectivity index (χ1n) is 6.30.